The Hall–Kier alpha value is -3.68. The molecule has 0 aliphatic carbocycles. The molecule has 2 aliphatic rings. The number of para-hydroxylation sites is 4. The minimum atomic E-state index is -0.766. The van der Waals surface area contributed by atoms with Crippen molar-refractivity contribution in [3.63, 3.8) is 0 Å². The lowest BCUT2D eigenvalue weighted by molar-refractivity contribution is -0.139. The van der Waals surface area contributed by atoms with E-state index >= 15 is 0 Å². The SMILES string of the molecule is O=C([C@@H]1CN(C(=O)Cn2c(=O)cnc3ccccc32)c2ccccc2O1)N1CCCCC1. The molecule has 164 valence electrons. The zero-order chi connectivity index (χ0) is 22.1. The van der Waals surface area contributed by atoms with Gasteiger partial charge in [-0.1, -0.05) is 24.3 Å². The van der Waals surface area contributed by atoms with E-state index in [1.165, 1.54) is 10.8 Å². The maximum atomic E-state index is 13.4. The molecule has 0 saturated carbocycles. The monoisotopic (exact) mass is 432 g/mol. The van der Waals surface area contributed by atoms with Gasteiger partial charge in [0.05, 0.1) is 29.5 Å². The smallest absolute Gasteiger partial charge is 0.269 e. The van der Waals surface area contributed by atoms with Crippen LogP contribution in [0.2, 0.25) is 0 Å². The van der Waals surface area contributed by atoms with Crippen LogP contribution < -0.4 is 15.2 Å². The van der Waals surface area contributed by atoms with E-state index in [2.05, 4.69) is 4.98 Å². The van der Waals surface area contributed by atoms with Gasteiger partial charge in [-0.05, 0) is 43.5 Å². The van der Waals surface area contributed by atoms with Gasteiger partial charge in [0.1, 0.15) is 12.3 Å². The Labute approximate surface area is 185 Å². The first-order chi connectivity index (χ1) is 15.6. The molecule has 2 amide bonds. The predicted octanol–water partition coefficient (Wildman–Crippen LogP) is 2.20. The van der Waals surface area contributed by atoms with Crippen LogP contribution >= 0.6 is 0 Å². The van der Waals surface area contributed by atoms with E-state index in [0.29, 0.717) is 35.6 Å². The van der Waals surface area contributed by atoms with Gasteiger partial charge in [0.2, 0.25) is 5.91 Å². The van der Waals surface area contributed by atoms with E-state index in [9.17, 15) is 14.4 Å². The van der Waals surface area contributed by atoms with Crippen molar-refractivity contribution in [3.8, 4) is 5.75 Å². The lowest BCUT2D eigenvalue weighted by Crippen LogP contribution is -2.53. The second-order valence-electron chi connectivity index (χ2n) is 8.14. The predicted molar refractivity (Wildman–Crippen MR) is 120 cm³/mol. The van der Waals surface area contributed by atoms with Gasteiger partial charge in [-0.15, -0.1) is 0 Å². The summed E-state index contributed by atoms with van der Waals surface area (Å²) in [5, 5.41) is 0. The van der Waals surface area contributed by atoms with Gasteiger partial charge < -0.3 is 14.5 Å². The van der Waals surface area contributed by atoms with E-state index in [-0.39, 0.29) is 30.5 Å². The van der Waals surface area contributed by atoms with Crippen LogP contribution in [0.4, 0.5) is 5.69 Å². The number of piperidine rings is 1. The quantitative estimate of drug-likeness (QED) is 0.634. The molecule has 0 bridgehead atoms. The summed E-state index contributed by atoms with van der Waals surface area (Å²) in [5.41, 5.74) is 1.49. The van der Waals surface area contributed by atoms with E-state index in [1.807, 2.05) is 29.2 Å². The first-order valence-corrected chi connectivity index (χ1v) is 10.9. The highest BCUT2D eigenvalue weighted by Gasteiger charge is 2.36. The van der Waals surface area contributed by atoms with Gasteiger partial charge in [-0.3, -0.25) is 19.0 Å². The van der Waals surface area contributed by atoms with Crippen LogP contribution in [0, 0.1) is 0 Å². The molecule has 8 nitrogen and oxygen atoms in total. The average molecular weight is 432 g/mol. The van der Waals surface area contributed by atoms with E-state index in [0.717, 1.165) is 19.3 Å². The molecule has 0 radical (unpaired) electrons. The fourth-order valence-electron chi connectivity index (χ4n) is 4.42. The third-order valence-corrected chi connectivity index (χ3v) is 6.06. The van der Waals surface area contributed by atoms with E-state index in [1.54, 1.807) is 29.2 Å². The molecule has 0 unspecified atom stereocenters. The lowest BCUT2D eigenvalue weighted by Gasteiger charge is -2.37. The van der Waals surface area contributed by atoms with Crippen molar-refractivity contribution in [3.05, 3.63) is 65.1 Å². The van der Waals surface area contributed by atoms with Crippen LogP contribution in [0.1, 0.15) is 19.3 Å². The highest BCUT2D eigenvalue weighted by molar-refractivity contribution is 5.97. The second-order valence-corrected chi connectivity index (χ2v) is 8.14. The Kier molecular flexibility index (Phi) is 5.34. The van der Waals surface area contributed by atoms with Gasteiger partial charge in [0, 0.05) is 13.1 Å². The number of rotatable bonds is 3. The van der Waals surface area contributed by atoms with Crippen molar-refractivity contribution >= 4 is 28.5 Å². The summed E-state index contributed by atoms with van der Waals surface area (Å²) in [6, 6.07) is 14.4. The van der Waals surface area contributed by atoms with Gasteiger partial charge in [-0.25, -0.2) is 4.98 Å². The summed E-state index contributed by atoms with van der Waals surface area (Å²) >= 11 is 0. The Bertz CT molecular complexity index is 1230. The maximum absolute atomic E-state index is 13.4. The van der Waals surface area contributed by atoms with Crippen molar-refractivity contribution in [2.24, 2.45) is 0 Å². The lowest BCUT2D eigenvalue weighted by atomic mass is 10.1. The second kappa shape index (κ2) is 8.45. The molecule has 2 aliphatic heterocycles. The number of anilines is 1. The number of ether oxygens (including phenoxy) is 1. The fourth-order valence-corrected chi connectivity index (χ4v) is 4.42. The Morgan fingerprint density at radius 1 is 1.00 bits per heavy atom. The van der Waals surface area contributed by atoms with Crippen molar-refractivity contribution in [2.75, 3.05) is 24.5 Å². The average Bonchev–Trinajstić information content (AvgIpc) is 2.85. The first-order valence-electron chi connectivity index (χ1n) is 10.9. The van der Waals surface area contributed by atoms with Gasteiger partial charge >= 0.3 is 0 Å². The Morgan fingerprint density at radius 2 is 1.75 bits per heavy atom. The number of likely N-dealkylation sites (tertiary alicyclic amines) is 1. The summed E-state index contributed by atoms with van der Waals surface area (Å²) in [5.74, 6) is 0.119. The summed E-state index contributed by atoms with van der Waals surface area (Å²) in [7, 11) is 0. The number of carbonyl (C=O) groups excluding carboxylic acids is 2. The topological polar surface area (TPSA) is 84.7 Å². The van der Waals surface area contributed by atoms with Crippen LogP contribution in [0.3, 0.4) is 0 Å². The molecule has 32 heavy (non-hydrogen) atoms. The molecule has 5 rings (SSSR count). The van der Waals surface area contributed by atoms with Crippen molar-refractivity contribution in [1.29, 1.82) is 0 Å². The molecule has 1 fully saturated rings. The molecular formula is C24H24N4O4. The fraction of sp³-hybridized carbons (Fsp3) is 0.333. The summed E-state index contributed by atoms with van der Waals surface area (Å²) < 4.78 is 7.43. The summed E-state index contributed by atoms with van der Waals surface area (Å²) in [6.45, 7) is 1.39. The zero-order valence-electron chi connectivity index (χ0n) is 17.6. The number of carbonyl (C=O) groups is 2. The molecule has 3 heterocycles. The number of aromatic nitrogens is 2. The molecule has 2 aromatic carbocycles. The summed E-state index contributed by atoms with van der Waals surface area (Å²) in [4.78, 5) is 46.6. The van der Waals surface area contributed by atoms with Crippen molar-refractivity contribution < 1.29 is 14.3 Å². The van der Waals surface area contributed by atoms with Crippen LogP contribution in [-0.4, -0.2) is 52.0 Å². The summed E-state index contributed by atoms with van der Waals surface area (Å²) in [6.07, 6.45) is 3.55. The van der Waals surface area contributed by atoms with Crippen molar-refractivity contribution in [2.45, 2.75) is 31.9 Å². The van der Waals surface area contributed by atoms with E-state index < -0.39 is 6.10 Å². The molecule has 3 aromatic rings. The van der Waals surface area contributed by atoms with Crippen LogP contribution in [0.5, 0.6) is 5.75 Å². The van der Waals surface area contributed by atoms with Crippen molar-refractivity contribution in [1.82, 2.24) is 14.5 Å². The molecular weight excluding hydrogens is 408 g/mol. The molecule has 1 aromatic heterocycles. The van der Waals surface area contributed by atoms with Crippen LogP contribution in [0.15, 0.2) is 59.5 Å². The molecule has 0 N–H and O–H groups in total. The number of benzene rings is 2. The number of hydrogen-bond acceptors (Lipinski definition) is 5. The molecule has 1 atom stereocenters. The first kappa shape index (κ1) is 20.2. The highest BCUT2D eigenvalue weighted by Crippen LogP contribution is 2.34. The normalized spacial score (nSPS) is 18.2. The zero-order valence-corrected chi connectivity index (χ0v) is 17.6. The molecule has 8 heteroatoms. The highest BCUT2D eigenvalue weighted by atomic mass is 16.5. The maximum Gasteiger partial charge on any atom is 0.269 e. The third kappa shape index (κ3) is 3.72. The minimum Gasteiger partial charge on any atom is -0.476 e. The largest absolute Gasteiger partial charge is 0.476 e. The van der Waals surface area contributed by atoms with Gasteiger partial charge in [0.25, 0.3) is 11.5 Å². The van der Waals surface area contributed by atoms with Crippen LogP contribution in [-0.2, 0) is 16.1 Å². The van der Waals surface area contributed by atoms with Gasteiger partial charge in [0.15, 0.2) is 6.10 Å². The van der Waals surface area contributed by atoms with E-state index in [4.69, 9.17) is 4.74 Å². The van der Waals surface area contributed by atoms with Gasteiger partial charge in [-0.2, -0.15) is 0 Å². The minimum absolute atomic E-state index is 0.0940. The number of amides is 2. The third-order valence-electron chi connectivity index (χ3n) is 6.06. The molecule has 0 spiro atoms. The standard InChI is InChI=1S/C24H24N4O4/c29-22-14-25-17-8-2-3-9-18(17)28(22)16-23(30)27-15-21(24(31)26-12-6-1-7-13-26)32-20-11-5-4-10-19(20)27/h2-5,8-11,14,21H,1,6-7,12-13,15-16H2/t21-/m0/s1. The van der Waals surface area contributed by atoms with Crippen LogP contribution in [0.25, 0.3) is 11.0 Å². The Morgan fingerprint density at radius 3 is 2.59 bits per heavy atom. The number of nitrogens with zero attached hydrogens (tertiary/aromatic N) is 4. The number of hydrogen-bond donors (Lipinski definition) is 0. The Balaban J connectivity index is 1.45. The molecule has 1 saturated heterocycles. The number of fused-ring (bicyclic) bond motifs is 2.